The third-order valence-electron chi connectivity index (χ3n) is 20.1. The molecule has 0 aliphatic carbocycles. The molecular weight excluding hydrogens is 1700 g/mol. The summed E-state index contributed by atoms with van der Waals surface area (Å²) in [6.07, 6.45) is -3.33. The fourth-order valence-electron chi connectivity index (χ4n) is 13.3. The summed E-state index contributed by atoms with van der Waals surface area (Å²) in [5.74, 6) is -25.6. The quantitative estimate of drug-likeness (QED) is 0.0252. The smallest absolute Gasteiger partial charge is 0.326 e. The van der Waals surface area contributed by atoms with Crippen molar-refractivity contribution >= 4 is 124 Å². The van der Waals surface area contributed by atoms with E-state index in [1.165, 1.54) is 27.7 Å². The molecule has 0 aromatic heterocycles. The number of unbranched alkanes of at least 4 members (excludes halogenated alkanes) is 2. The second-order valence-corrected chi connectivity index (χ2v) is 34.2. The van der Waals surface area contributed by atoms with Gasteiger partial charge in [0.25, 0.3) is 0 Å². The van der Waals surface area contributed by atoms with E-state index in [4.69, 9.17) is 22.3 Å². The first-order valence-electron chi connectivity index (χ1n) is 43.3. The number of carbonyl (C=O) groups is 21. The number of hydrogen-bond acceptors (Lipinski definition) is 27. The number of carbonyl (C=O) groups excluding carboxylic acids is 17. The van der Waals surface area contributed by atoms with Gasteiger partial charge < -0.3 is 143 Å². The van der Waals surface area contributed by atoms with Crippen LogP contribution in [0.4, 0.5) is 0 Å². The van der Waals surface area contributed by atoms with Gasteiger partial charge in [0.1, 0.15) is 84.6 Å². The second kappa shape index (κ2) is 59.7. The highest BCUT2D eigenvalue weighted by atomic mass is 16.4. The number of nitrogens with zero attached hydrogens (tertiary/aromatic N) is 1. The number of carboxylic acid groups (broad SMARTS) is 4. The van der Waals surface area contributed by atoms with E-state index in [0.29, 0.717) is 25.7 Å². The summed E-state index contributed by atoms with van der Waals surface area (Å²) in [5, 5.41) is 107. The van der Waals surface area contributed by atoms with Gasteiger partial charge in [0, 0.05) is 19.4 Å². The van der Waals surface area contributed by atoms with Gasteiger partial charge in [-0.2, -0.15) is 0 Å². The molecule has 17 amide bonds. The third kappa shape index (κ3) is 44.5. The molecule has 48 heteroatoms. The molecule has 1 rings (SSSR count). The SMILES string of the molecule is CC(C)C[C@H](NC(=O)[C@H](CCCCN)NC(=O)[C@H](CO)NC(=O)[C@H](CCCCN)NC(=O)[C@@H](N)CC(C)C)C(=O)NCC(=O)N[C@@H](CC(=O)O)C(=O)N[C@@H](CC(C)C)C(=O)N[C@H](C(=O)N[C@H](C(=O)N[C@H](C(=O)N[C@@H](CO)C(=O)N[C@@H](CC(C)C)C(=O)N1CCC[C@H]1C(=O)NCC(=O)NCC(=O)N[C@@H](CCC(=O)O)C(=O)N[C@@H](CCC(=O)O)C(=O)O)C(C)C)[C@@H](C)O)C(C)C. The van der Waals surface area contributed by atoms with Crippen LogP contribution in [0.3, 0.4) is 0 Å². The van der Waals surface area contributed by atoms with Crippen LogP contribution < -0.4 is 102 Å². The van der Waals surface area contributed by atoms with Crippen molar-refractivity contribution in [3.63, 3.8) is 0 Å². The van der Waals surface area contributed by atoms with Gasteiger partial charge in [-0.05, 0) is 145 Å². The summed E-state index contributed by atoms with van der Waals surface area (Å²) in [4.78, 5) is 281. The normalized spacial score (nSPS) is 16.0. The number of hydrogen-bond donors (Lipinski definition) is 26. The molecular formula is C81H140N20O28. The lowest BCUT2D eigenvalue weighted by molar-refractivity contribution is -0.144. The monoisotopic (exact) mass is 1840 g/mol. The molecule has 1 saturated heterocycles. The first-order valence-corrected chi connectivity index (χ1v) is 43.3. The Balaban J connectivity index is 3.32. The Kier molecular flexibility index (Phi) is 53.5. The predicted molar refractivity (Wildman–Crippen MR) is 460 cm³/mol. The van der Waals surface area contributed by atoms with Gasteiger partial charge in [0.2, 0.25) is 100 Å². The Labute approximate surface area is 748 Å². The van der Waals surface area contributed by atoms with E-state index in [2.05, 4.69) is 79.8 Å². The van der Waals surface area contributed by atoms with Gasteiger partial charge >= 0.3 is 23.9 Å². The van der Waals surface area contributed by atoms with Crippen molar-refractivity contribution in [1.29, 1.82) is 0 Å². The number of likely N-dealkylation sites (tertiary alicyclic amines) is 1. The Morgan fingerprint density at radius 3 is 1.14 bits per heavy atom. The molecule has 129 heavy (non-hydrogen) atoms. The van der Waals surface area contributed by atoms with E-state index in [1.54, 1.807) is 41.5 Å². The highest BCUT2D eigenvalue weighted by Crippen LogP contribution is 2.22. The number of aliphatic carboxylic acids is 4. The maximum absolute atomic E-state index is 14.3. The third-order valence-corrected chi connectivity index (χ3v) is 20.1. The predicted octanol–water partition coefficient (Wildman–Crippen LogP) is -7.64. The van der Waals surface area contributed by atoms with Crippen LogP contribution in [0.5, 0.6) is 0 Å². The minimum Gasteiger partial charge on any atom is -0.481 e. The molecule has 1 aliphatic heterocycles. The Morgan fingerprint density at radius 2 is 0.698 bits per heavy atom. The number of aliphatic hydroxyl groups is 3. The lowest BCUT2D eigenvalue weighted by Crippen LogP contribution is -2.63. The van der Waals surface area contributed by atoms with Crippen LogP contribution in [-0.2, 0) is 101 Å². The summed E-state index contributed by atoms with van der Waals surface area (Å²) in [7, 11) is 0. The maximum atomic E-state index is 14.3. The molecule has 0 aromatic carbocycles. The van der Waals surface area contributed by atoms with Gasteiger partial charge in [-0.3, -0.25) is 95.9 Å². The Hall–Kier alpha value is -11.4. The van der Waals surface area contributed by atoms with E-state index < -0.39 is 304 Å². The van der Waals surface area contributed by atoms with E-state index in [0.717, 1.165) is 11.8 Å². The van der Waals surface area contributed by atoms with Crippen molar-refractivity contribution in [1.82, 2.24) is 90.0 Å². The molecule has 0 unspecified atom stereocenters. The van der Waals surface area contributed by atoms with Crippen LogP contribution in [0.15, 0.2) is 0 Å². The zero-order valence-electron chi connectivity index (χ0n) is 75.8. The molecule has 16 atom stereocenters. The highest BCUT2D eigenvalue weighted by Gasteiger charge is 2.42. The zero-order chi connectivity index (χ0) is 98.4. The molecule has 0 saturated carbocycles. The molecule has 48 nitrogen and oxygen atoms in total. The van der Waals surface area contributed by atoms with E-state index in [-0.39, 0.29) is 88.8 Å². The first-order chi connectivity index (χ1) is 60.3. The van der Waals surface area contributed by atoms with E-state index >= 15 is 0 Å². The van der Waals surface area contributed by atoms with Crippen LogP contribution in [0.2, 0.25) is 0 Å². The number of aliphatic hydroxyl groups excluding tert-OH is 3. The zero-order valence-corrected chi connectivity index (χ0v) is 75.8. The standard InChI is InChI=1S/C81H140N20O28/c1-39(2)29-46(84)67(114)90-47(19-14-16-26-82)70(117)96-55(37-102)74(121)91-48(20-15-17-27-83)69(116)93-51(30-40(3)4)68(115)86-36-60(107)89-53(33-63(112)113)72(119)94-52(31-41(5)6)73(120)98-65(44(11)12)78(125)100-66(45(13)104)79(126)99-64(43(9)10)77(124)97-56(38-103)75(122)95-54(32-42(7)8)80(127)101-28-18-21-57(101)76(123)87-34-58(105)85-35-59(106)88-49(22-24-61(108)109)71(118)92-50(81(128)129)23-25-62(110)111/h39-57,64-66,102-104H,14-38,82-84H2,1-13H3,(H,85,105)(H,86,115)(H,87,123)(H,88,106)(H,89,107)(H,90,114)(H,91,121)(H,92,118)(H,93,116)(H,94,119)(H,95,122)(H,96,117)(H,97,124)(H,98,120)(H,99,126)(H,100,125)(H,108,109)(H,110,111)(H,112,113)(H,128,129)/t45-,46+,47+,48+,49+,50+,51+,52+,53+,54+,55+,56+,57+,64+,65+,66+/m1/s1. The largest absolute Gasteiger partial charge is 0.481 e. The lowest BCUT2D eigenvalue weighted by atomic mass is 9.98. The van der Waals surface area contributed by atoms with Crippen LogP contribution >= 0.6 is 0 Å². The van der Waals surface area contributed by atoms with Gasteiger partial charge in [-0.25, -0.2) is 4.79 Å². The maximum Gasteiger partial charge on any atom is 0.326 e. The molecule has 1 heterocycles. The molecule has 1 fully saturated rings. The van der Waals surface area contributed by atoms with Gasteiger partial charge in [-0.15, -0.1) is 0 Å². The summed E-state index contributed by atoms with van der Waals surface area (Å²) >= 11 is 0. The molecule has 0 spiro atoms. The minimum absolute atomic E-state index is 0.0189. The number of carboxylic acids is 4. The highest BCUT2D eigenvalue weighted by molar-refractivity contribution is 6.01. The van der Waals surface area contributed by atoms with Gasteiger partial charge in [0.05, 0.1) is 51.4 Å². The van der Waals surface area contributed by atoms with Crippen molar-refractivity contribution < 1.29 is 136 Å². The van der Waals surface area contributed by atoms with E-state index in [1.807, 2.05) is 19.2 Å². The Morgan fingerprint density at radius 1 is 0.349 bits per heavy atom. The van der Waals surface area contributed by atoms with Gasteiger partial charge in [0.15, 0.2) is 0 Å². The fourth-order valence-corrected chi connectivity index (χ4v) is 13.3. The molecule has 1 aliphatic rings. The number of nitrogens with one attached hydrogen (secondary N) is 16. The van der Waals surface area contributed by atoms with Crippen molar-refractivity contribution in [2.24, 2.45) is 52.7 Å². The second-order valence-electron chi connectivity index (χ2n) is 34.2. The first kappa shape index (κ1) is 116. The van der Waals surface area contributed by atoms with Crippen molar-refractivity contribution in [3.8, 4) is 0 Å². The van der Waals surface area contributed by atoms with E-state index in [9.17, 15) is 131 Å². The lowest BCUT2D eigenvalue weighted by Gasteiger charge is -2.31. The molecule has 29 N–H and O–H groups in total. The topological polar surface area (TPSA) is 774 Å². The van der Waals surface area contributed by atoms with Crippen molar-refractivity contribution in [2.45, 2.75) is 296 Å². The fraction of sp³-hybridized carbons (Fsp3) is 0.741. The minimum atomic E-state index is -1.93. The average Bonchev–Trinajstić information content (AvgIpc) is 1.77. The summed E-state index contributed by atoms with van der Waals surface area (Å²) in [5.41, 5.74) is 17.5. The number of amides is 17. The molecule has 732 valence electrons. The Bertz CT molecular complexity index is 3790. The van der Waals surface area contributed by atoms with Crippen LogP contribution in [0.25, 0.3) is 0 Å². The molecule has 0 bridgehead atoms. The summed E-state index contributed by atoms with van der Waals surface area (Å²) in [6, 6.07) is -23.0. The van der Waals surface area contributed by atoms with Crippen LogP contribution in [0, 0.1) is 35.5 Å². The van der Waals surface area contributed by atoms with Crippen molar-refractivity contribution in [3.05, 3.63) is 0 Å². The molecule has 0 radical (unpaired) electrons. The summed E-state index contributed by atoms with van der Waals surface area (Å²) < 4.78 is 0. The summed E-state index contributed by atoms with van der Waals surface area (Å²) in [6.45, 7) is 16.7. The number of rotatable bonds is 63. The van der Waals surface area contributed by atoms with Crippen molar-refractivity contribution in [2.75, 3.05) is 52.5 Å². The average molecular weight is 1840 g/mol. The van der Waals surface area contributed by atoms with Gasteiger partial charge in [-0.1, -0.05) is 83.1 Å². The molecule has 0 aromatic rings. The number of nitrogens with two attached hydrogens (primary N) is 3. The van der Waals surface area contributed by atoms with Crippen LogP contribution in [0.1, 0.15) is 199 Å². The van der Waals surface area contributed by atoms with Crippen LogP contribution in [-0.4, -0.2) is 314 Å².